The van der Waals surface area contributed by atoms with Gasteiger partial charge in [-0.05, 0) is 26.0 Å². The number of ether oxygens (including phenoxy) is 1. The molecule has 2 aliphatic heterocycles. The molecule has 3 aromatic heterocycles. The van der Waals surface area contributed by atoms with E-state index >= 15 is 0 Å². The van der Waals surface area contributed by atoms with Gasteiger partial charge in [-0.25, -0.2) is 19.3 Å². The minimum Gasteiger partial charge on any atom is -0.473 e. The van der Waals surface area contributed by atoms with Gasteiger partial charge in [-0.1, -0.05) is 11.6 Å². The summed E-state index contributed by atoms with van der Waals surface area (Å²) in [5.74, 6) is -0.379. The maximum atomic E-state index is 14.2. The van der Waals surface area contributed by atoms with Gasteiger partial charge in [0.2, 0.25) is 5.88 Å². The van der Waals surface area contributed by atoms with Crippen LogP contribution in [0.4, 0.5) is 42.5 Å². The topological polar surface area (TPSA) is 96.7 Å². The molecule has 5 heterocycles. The number of urea groups is 1. The molecule has 3 aromatic rings. The van der Waals surface area contributed by atoms with Crippen LogP contribution in [-0.4, -0.2) is 57.5 Å². The molecule has 9 nitrogen and oxygen atoms in total. The van der Waals surface area contributed by atoms with Crippen molar-refractivity contribution in [1.82, 2.24) is 24.9 Å². The molecule has 16 heteroatoms. The number of nitrogens with one attached hydrogen (secondary N) is 2. The van der Waals surface area contributed by atoms with E-state index in [0.717, 1.165) is 28.6 Å². The second-order valence-electron chi connectivity index (χ2n) is 8.88. The lowest BCUT2D eigenvalue weighted by atomic mass is 9.88. The van der Waals surface area contributed by atoms with E-state index in [1.54, 1.807) is 0 Å². The van der Waals surface area contributed by atoms with Gasteiger partial charge in [0.15, 0.2) is 16.5 Å². The number of fused-ring (bicyclic) bond motifs is 3. The third kappa shape index (κ3) is 4.50. The molecule has 1 unspecified atom stereocenters. The van der Waals surface area contributed by atoms with Gasteiger partial charge in [-0.15, -0.1) is 0 Å². The summed E-state index contributed by atoms with van der Waals surface area (Å²) >= 11 is 5.87. The number of halogens is 7. The largest absolute Gasteiger partial charge is 0.473 e. The average molecular weight is 550 g/mol. The highest BCUT2D eigenvalue weighted by Gasteiger charge is 2.60. The zero-order valence-electron chi connectivity index (χ0n) is 18.9. The summed E-state index contributed by atoms with van der Waals surface area (Å²) in [6, 6.07) is 1.81. The quantitative estimate of drug-likeness (QED) is 0.470. The lowest BCUT2D eigenvalue weighted by molar-refractivity contribution is -0.181. The Morgan fingerprint density at radius 2 is 2.00 bits per heavy atom. The SMILES string of the molecule is CC1(C(F)(F)F)CN(C(=O)Nc2cc(O[C@H]3CCNC3)nc(C(F)(F)F)c2)c2cnc3cc(Cl)nn3c21. The number of rotatable bonds is 3. The normalized spacial score (nSPS) is 21.9. The molecule has 2 N–H and O–H groups in total. The molecule has 0 aromatic carbocycles. The Morgan fingerprint density at radius 1 is 1.24 bits per heavy atom. The van der Waals surface area contributed by atoms with E-state index in [1.165, 1.54) is 6.07 Å². The smallest absolute Gasteiger partial charge is 0.433 e. The maximum Gasteiger partial charge on any atom is 0.433 e. The first kappa shape index (κ1) is 25.3. The van der Waals surface area contributed by atoms with Gasteiger partial charge in [0.25, 0.3) is 0 Å². The minimum atomic E-state index is -4.86. The first-order valence-corrected chi connectivity index (χ1v) is 11.3. The monoisotopic (exact) mass is 549 g/mol. The van der Waals surface area contributed by atoms with Crippen LogP contribution in [0.25, 0.3) is 5.65 Å². The van der Waals surface area contributed by atoms with Crippen molar-refractivity contribution in [2.45, 2.75) is 37.2 Å². The van der Waals surface area contributed by atoms with E-state index in [4.69, 9.17) is 16.3 Å². The Kier molecular flexibility index (Phi) is 5.90. The Balaban J connectivity index is 1.51. The zero-order valence-corrected chi connectivity index (χ0v) is 19.7. The molecule has 0 bridgehead atoms. The Morgan fingerprint density at radius 3 is 2.65 bits per heavy atom. The number of amides is 2. The predicted octanol–water partition coefficient (Wildman–Crippen LogP) is 4.41. The maximum absolute atomic E-state index is 14.2. The van der Waals surface area contributed by atoms with E-state index in [-0.39, 0.29) is 33.7 Å². The second-order valence-corrected chi connectivity index (χ2v) is 9.27. The highest BCUT2D eigenvalue weighted by Crippen LogP contribution is 2.50. The van der Waals surface area contributed by atoms with E-state index in [9.17, 15) is 31.1 Å². The molecule has 2 atom stereocenters. The van der Waals surface area contributed by atoms with E-state index in [1.807, 2.05) is 0 Å². The Hall–Kier alpha value is -3.33. The van der Waals surface area contributed by atoms with Gasteiger partial charge >= 0.3 is 18.4 Å². The summed E-state index contributed by atoms with van der Waals surface area (Å²) in [4.78, 5) is 21.4. The van der Waals surface area contributed by atoms with Crippen molar-refractivity contribution in [2.24, 2.45) is 0 Å². The number of hydrogen-bond acceptors (Lipinski definition) is 6. The highest BCUT2D eigenvalue weighted by molar-refractivity contribution is 6.29. The number of carbonyl (C=O) groups is 1. The lowest BCUT2D eigenvalue weighted by Crippen LogP contribution is -2.46. The van der Waals surface area contributed by atoms with Crippen molar-refractivity contribution < 1.29 is 35.9 Å². The molecule has 5 rings (SSSR count). The minimum absolute atomic E-state index is 0.0358. The van der Waals surface area contributed by atoms with Crippen molar-refractivity contribution in [1.29, 1.82) is 0 Å². The average Bonchev–Trinajstić information content (AvgIpc) is 3.50. The number of nitrogens with zero attached hydrogens (tertiary/aromatic N) is 5. The third-order valence-corrected chi connectivity index (χ3v) is 6.42. The van der Waals surface area contributed by atoms with Gasteiger partial charge in [0.05, 0.1) is 17.6 Å². The fourth-order valence-electron chi connectivity index (χ4n) is 4.37. The van der Waals surface area contributed by atoms with Crippen LogP contribution in [0.5, 0.6) is 5.88 Å². The number of carbonyl (C=O) groups excluding carboxylic acids is 1. The fourth-order valence-corrected chi connectivity index (χ4v) is 4.54. The molecule has 1 fully saturated rings. The number of alkyl halides is 6. The second kappa shape index (κ2) is 8.62. The number of pyridine rings is 1. The van der Waals surface area contributed by atoms with Crippen LogP contribution >= 0.6 is 11.6 Å². The van der Waals surface area contributed by atoms with Crippen molar-refractivity contribution in [3.8, 4) is 5.88 Å². The lowest BCUT2D eigenvalue weighted by Gasteiger charge is -2.28. The van der Waals surface area contributed by atoms with Gasteiger partial charge in [0.1, 0.15) is 11.5 Å². The Labute approximate surface area is 209 Å². The van der Waals surface area contributed by atoms with Crippen molar-refractivity contribution >= 4 is 34.7 Å². The van der Waals surface area contributed by atoms with Crippen molar-refractivity contribution in [3.63, 3.8) is 0 Å². The van der Waals surface area contributed by atoms with Crippen LogP contribution in [0.15, 0.2) is 24.4 Å². The van der Waals surface area contributed by atoms with Crippen LogP contribution in [0.1, 0.15) is 24.7 Å². The Bertz CT molecular complexity index is 1370. The van der Waals surface area contributed by atoms with Crippen LogP contribution < -0.4 is 20.3 Å². The molecule has 0 spiro atoms. The van der Waals surface area contributed by atoms with Crippen molar-refractivity contribution in [3.05, 3.63) is 40.9 Å². The van der Waals surface area contributed by atoms with Crippen LogP contribution in [0, 0.1) is 0 Å². The van der Waals surface area contributed by atoms with Crippen molar-refractivity contribution in [2.75, 3.05) is 29.9 Å². The summed E-state index contributed by atoms with van der Waals surface area (Å²) in [5.41, 5.74) is -4.82. The summed E-state index contributed by atoms with van der Waals surface area (Å²) in [5, 5.41) is 9.02. The summed E-state index contributed by atoms with van der Waals surface area (Å²) < 4.78 is 89.6. The van der Waals surface area contributed by atoms with E-state index < -0.39 is 42.1 Å². The molecule has 0 radical (unpaired) electrons. The summed E-state index contributed by atoms with van der Waals surface area (Å²) in [6.07, 6.45) is -8.50. The summed E-state index contributed by atoms with van der Waals surface area (Å²) in [6.45, 7) is 1.04. The van der Waals surface area contributed by atoms with E-state index in [2.05, 4.69) is 25.7 Å². The van der Waals surface area contributed by atoms with Gasteiger partial charge in [0, 0.05) is 30.9 Å². The first-order chi connectivity index (χ1) is 17.3. The standard InChI is InChI=1S/C21H18ClF6N7O2/c1-19(21(26,27)28)9-34(12-8-30-15-6-14(22)33-35(15)17(12)19)18(36)31-10-4-13(20(23,24)25)32-16(5-10)37-11-2-3-29-7-11/h4-6,8,11,29H,2-3,7,9H2,1H3,(H,31,32,36)/t11-,19?/m0/s1. The number of aromatic nitrogens is 4. The molecular formula is C21H18ClF6N7O2. The molecule has 2 amide bonds. The molecule has 2 aliphatic rings. The van der Waals surface area contributed by atoms with Gasteiger partial charge in [-0.2, -0.15) is 31.4 Å². The van der Waals surface area contributed by atoms with Crippen LogP contribution in [-0.2, 0) is 11.6 Å². The molecule has 0 aliphatic carbocycles. The third-order valence-electron chi connectivity index (χ3n) is 6.24. The number of anilines is 2. The molecule has 1 saturated heterocycles. The van der Waals surface area contributed by atoms with Gasteiger partial charge < -0.3 is 15.4 Å². The fraction of sp³-hybridized carbons (Fsp3) is 0.429. The molecule has 198 valence electrons. The summed E-state index contributed by atoms with van der Waals surface area (Å²) in [7, 11) is 0. The molecule has 37 heavy (non-hydrogen) atoms. The van der Waals surface area contributed by atoms with E-state index in [0.29, 0.717) is 25.6 Å². The molecule has 0 saturated carbocycles. The first-order valence-electron chi connectivity index (χ1n) is 10.9. The predicted molar refractivity (Wildman–Crippen MR) is 119 cm³/mol. The number of hydrogen-bond donors (Lipinski definition) is 2. The highest BCUT2D eigenvalue weighted by atomic mass is 35.5. The van der Waals surface area contributed by atoms with Gasteiger partial charge in [-0.3, -0.25) is 4.90 Å². The molecular weight excluding hydrogens is 532 g/mol. The van der Waals surface area contributed by atoms with Crippen LogP contribution in [0.2, 0.25) is 5.15 Å². The van der Waals surface area contributed by atoms with Crippen LogP contribution in [0.3, 0.4) is 0 Å². The zero-order chi connectivity index (χ0) is 26.8.